The highest BCUT2D eigenvalue weighted by Gasteiger charge is 2.56. The number of Topliss-reactive ketones (excluding diaryl/α,β-unsaturated/α-hetero) is 1. The van der Waals surface area contributed by atoms with Crippen LogP contribution in [0.2, 0.25) is 0 Å². The van der Waals surface area contributed by atoms with E-state index in [0.717, 1.165) is 41.7 Å². The van der Waals surface area contributed by atoms with Crippen LogP contribution < -0.4 is 4.74 Å². The van der Waals surface area contributed by atoms with Gasteiger partial charge >= 0.3 is 0 Å². The van der Waals surface area contributed by atoms with Gasteiger partial charge in [-0.3, -0.25) is 4.79 Å². The molecule has 0 unspecified atom stereocenters. The minimum atomic E-state index is -0.704. The second kappa shape index (κ2) is 6.01. The molecule has 0 heterocycles. The van der Waals surface area contributed by atoms with Crippen LogP contribution in [0.5, 0.6) is 11.5 Å². The Hall–Kier alpha value is -1.55. The largest absolute Gasteiger partial charge is 0.507 e. The molecule has 0 aliphatic heterocycles. The van der Waals surface area contributed by atoms with Gasteiger partial charge in [-0.2, -0.15) is 0 Å². The molecule has 2 aliphatic carbocycles. The molecule has 0 bridgehead atoms. The maximum atomic E-state index is 12.6. The van der Waals surface area contributed by atoms with Crippen molar-refractivity contribution in [2.75, 3.05) is 13.7 Å². The third-order valence-electron chi connectivity index (χ3n) is 6.88. The van der Waals surface area contributed by atoms with Crippen molar-refractivity contribution in [2.45, 2.75) is 64.7 Å². The van der Waals surface area contributed by atoms with Crippen LogP contribution >= 0.6 is 0 Å². The first-order chi connectivity index (χ1) is 11.7. The zero-order chi connectivity index (χ0) is 18.6. The van der Waals surface area contributed by atoms with Crippen LogP contribution in [0.3, 0.4) is 0 Å². The highest BCUT2D eigenvalue weighted by Crippen LogP contribution is 2.58. The molecule has 2 N–H and O–H groups in total. The Balaban J connectivity index is 2.22. The van der Waals surface area contributed by atoms with Gasteiger partial charge in [-0.05, 0) is 53.7 Å². The third-order valence-corrected chi connectivity index (χ3v) is 6.88. The fourth-order valence-corrected chi connectivity index (χ4v) is 5.37. The normalized spacial score (nSPS) is 31.6. The summed E-state index contributed by atoms with van der Waals surface area (Å²) in [5.74, 6) is 1.48. The second-order valence-electron chi connectivity index (χ2n) is 8.53. The maximum absolute atomic E-state index is 12.6. The van der Waals surface area contributed by atoms with Crippen molar-refractivity contribution in [1.29, 1.82) is 0 Å². The Morgan fingerprint density at radius 3 is 2.56 bits per heavy atom. The fourth-order valence-electron chi connectivity index (χ4n) is 5.37. The van der Waals surface area contributed by atoms with Crippen molar-refractivity contribution in [3.05, 3.63) is 22.8 Å². The Morgan fingerprint density at radius 1 is 1.32 bits per heavy atom. The summed E-state index contributed by atoms with van der Waals surface area (Å²) in [5.41, 5.74) is 2.01. The highest BCUT2D eigenvalue weighted by atomic mass is 16.5. The number of methoxy groups -OCH3 is 1. The Bertz CT molecular complexity index is 708. The number of fused-ring (bicyclic) bond motifs is 3. The van der Waals surface area contributed by atoms with Gasteiger partial charge in [-0.15, -0.1) is 0 Å². The average Bonchev–Trinajstić information content (AvgIpc) is 2.58. The lowest BCUT2D eigenvalue weighted by molar-refractivity contribution is -0.142. The SMILES string of the molecule is COc1cc2c(c(O)c1C(C)C)CC[C@H]1[C@@](C)(CO)C(=O)CC[C@]21C. The summed E-state index contributed by atoms with van der Waals surface area (Å²) in [6.07, 6.45) is 2.76. The topological polar surface area (TPSA) is 66.8 Å². The smallest absolute Gasteiger partial charge is 0.141 e. The molecule has 1 saturated carbocycles. The number of hydrogen-bond acceptors (Lipinski definition) is 4. The molecule has 1 aromatic rings. The quantitative estimate of drug-likeness (QED) is 0.876. The number of aliphatic hydroxyl groups excluding tert-OH is 1. The predicted molar refractivity (Wildman–Crippen MR) is 97.3 cm³/mol. The average molecular weight is 346 g/mol. The summed E-state index contributed by atoms with van der Waals surface area (Å²) in [7, 11) is 1.64. The number of rotatable bonds is 3. The van der Waals surface area contributed by atoms with Crippen molar-refractivity contribution in [2.24, 2.45) is 11.3 Å². The van der Waals surface area contributed by atoms with Crippen LogP contribution in [0.15, 0.2) is 6.07 Å². The summed E-state index contributed by atoms with van der Waals surface area (Å²) in [6.45, 7) is 8.08. The van der Waals surface area contributed by atoms with E-state index in [1.54, 1.807) is 7.11 Å². The van der Waals surface area contributed by atoms with Crippen molar-refractivity contribution >= 4 is 5.78 Å². The molecule has 0 radical (unpaired) electrons. The number of aliphatic hydroxyl groups is 1. The molecule has 0 saturated heterocycles. The van der Waals surface area contributed by atoms with E-state index in [4.69, 9.17) is 4.74 Å². The standard InChI is InChI=1S/C21H30O4/c1-12(2)18-15(25-5)10-14-13(19(18)24)6-7-16-20(14,3)9-8-17(23)21(16,4)11-22/h10,12,16,22,24H,6-9,11H2,1-5H3/t16-,20-,21-/m1/s1. The first-order valence-electron chi connectivity index (χ1n) is 9.28. The van der Waals surface area contributed by atoms with E-state index in [-0.39, 0.29) is 29.6 Å². The van der Waals surface area contributed by atoms with E-state index in [1.165, 1.54) is 0 Å². The summed E-state index contributed by atoms with van der Waals surface area (Å²) in [5, 5.41) is 21.0. The zero-order valence-corrected chi connectivity index (χ0v) is 16.0. The van der Waals surface area contributed by atoms with E-state index >= 15 is 0 Å². The summed E-state index contributed by atoms with van der Waals surface area (Å²) >= 11 is 0. The number of aromatic hydroxyl groups is 1. The lowest BCUT2D eigenvalue weighted by atomic mass is 9.49. The van der Waals surface area contributed by atoms with Crippen LogP contribution in [0, 0.1) is 11.3 Å². The molecule has 4 nitrogen and oxygen atoms in total. The molecule has 4 heteroatoms. The number of carbonyl (C=O) groups is 1. The Kier molecular flexibility index (Phi) is 4.39. The number of benzene rings is 1. The van der Waals surface area contributed by atoms with Gasteiger partial charge in [0.25, 0.3) is 0 Å². The molecule has 0 amide bonds. The van der Waals surface area contributed by atoms with Gasteiger partial charge in [0.15, 0.2) is 0 Å². The number of phenols is 1. The number of hydrogen-bond donors (Lipinski definition) is 2. The number of carbonyl (C=O) groups excluding carboxylic acids is 1. The van der Waals surface area contributed by atoms with Gasteiger partial charge in [0.05, 0.1) is 19.1 Å². The van der Waals surface area contributed by atoms with Crippen LogP contribution in [0.25, 0.3) is 0 Å². The summed E-state index contributed by atoms with van der Waals surface area (Å²) < 4.78 is 5.60. The van der Waals surface area contributed by atoms with E-state index in [2.05, 4.69) is 26.8 Å². The zero-order valence-electron chi connectivity index (χ0n) is 16.0. The van der Waals surface area contributed by atoms with Gasteiger partial charge in [0, 0.05) is 12.0 Å². The minimum Gasteiger partial charge on any atom is -0.507 e. The monoisotopic (exact) mass is 346 g/mol. The highest BCUT2D eigenvalue weighted by molar-refractivity contribution is 5.86. The van der Waals surface area contributed by atoms with E-state index < -0.39 is 5.41 Å². The Labute approximate surface area is 150 Å². The first-order valence-corrected chi connectivity index (χ1v) is 9.28. The maximum Gasteiger partial charge on any atom is 0.141 e. The third kappa shape index (κ3) is 2.41. The molecule has 3 rings (SSSR count). The lowest BCUT2D eigenvalue weighted by Crippen LogP contribution is -2.55. The minimum absolute atomic E-state index is 0.0766. The van der Waals surface area contributed by atoms with Gasteiger partial charge < -0.3 is 14.9 Å². The predicted octanol–water partition coefficient (Wildman–Crippen LogP) is 3.71. The number of ketones is 1. The van der Waals surface area contributed by atoms with E-state index in [9.17, 15) is 15.0 Å². The molecule has 138 valence electrons. The molecule has 25 heavy (non-hydrogen) atoms. The Morgan fingerprint density at radius 2 is 2.00 bits per heavy atom. The van der Waals surface area contributed by atoms with E-state index in [0.29, 0.717) is 12.2 Å². The molecular formula is C21H30O4. The second-order valence-corrected chi connectivity index (χ2v) is 8.53. The van der Waals surface area contributed by atoms with Crippen molar-refractivity contribution in [3.63, 3.8) is 0 Å². The molecule has 1 fully saturated rings. The van der Waals surface area contributed by atoms with Gasteiger partial charge in [-0.1, -0.05) is 27.7 Å². The molecular weight excluding hydrogens is 316 g/mol. The molecule has 2 aliphatic rings. The fraction of sp³-hybridized carbons (Fsp3) is 0.667. The van der Waals surface area contributed by atoms with Crippen LogP contribution in [0.4, 0.5) is 0 Å². The van der Waals surface area contributed by atoms with Crippen LogP contribution in [-0.2, 0) is 16.6 Å². The van der Waals surface area contributed by atoms with Crippen molar-refractivity contribution in [1.82, 2.24) is 0 Å². The van der Waals surface area contributed by atoms with E-state index in [1.807, 2.05) is 6.92 Å². The number of phenolic OH excluding ortho intramolecular Hbond substituents is 1. The van der Waals surface area contributed by atoms with Crippen LogP contribution in [-0.4, -0.2) is 29.7 Å². The first kappa shape index (κ1) is 18.2. The van der Waals surface area contributed by atoms with Gasteiger partial charge in [0.1, 0.15) is 17.3 Å². The lowest BCUT2D eigenvalue weighted by Gasteiger charge is -2.54. The summed E-state index contributed by atoms with van der Waals surface area (Å²) in [6, 6.07) is 2.07. The van der Waals surface area contributed by atoms with Crippen LogP contribution in [0.1, 0.15) is 69.6 Å². The molecule has 1 aromatic carbocycles. The number of ether oxygens (including phenoxy) is 1. The van der Waals surface area contributed by atoms with Crippen molar-refractivity contribution in [3.8, 4) is 11.5 Å². The molecule has 0 spiro atoms. The molecule has 3 atom stereocenters. The molecule has 0 aromatic heterocycles. The van der Waals surface area contributed by atoms with Crippen molar-refractivity contribution < 1.29 is 19.7 Å². The summed E-state index contributed by atoms with van der Waals surface area (Å²) in [4.78, 5) is 12.6. The van der Waals surface area contributed by atoms with Gasteiger partial charge in [0.2, 0.25) is 0 Å². The van der Waals surface area contributed by atoms with Gasteiger partial charge in [-0.25, -0.2) is 0 Å².